The first-order chi connectivity index (χ1) is 7.84. The summed E-state index contributed by atoms with van der Waals surface area (Å²) >= 11 is 0. The zero-order valence-corrected chi connectivity index (χ0v) is 10.7. The van der Waals surface area contributed by atoms with Crippen LogP contribution in [0.25, 0.3) is 0 Å². The maximum absolute atomic E-state index is 11.7. The van der Waals surface area contributed by atoms with Crippen molar-refractivity contribution in [2.24, 2.45) is 0 Å². The minimum Gasteiger partial charge on any atom is -0.461 e. The first-order valence-electron chi connectivity index (χ1n) is 5.47. The largest absolute Gasteiger partial charge is 0.461 e. The Morgan fingerprint density at radius 3 is 2.29 bits per heavy atom. The molecule has 0 aromatic carbocycles. The molecule has 0 amide bonds. The van der Waals surface area contributed by atoms with Gasteiger partial charge in [0.1, 0.15) is 6.04 Å². The molecule has 1 aromatic heterocycles. The fourth-order valence-corrected chi connectivity index (χ4v) is 1.46. The average molecular weight is 239 g/mol. The number of Topliss-reactive ketones (excluding diaryl/α,β-unsaturated/α-hetero) is 1. The van der Waals surface area contributed by atoms with Crippen molar-refractivity contribution < 1.29 is 14.3 Å². The Kier molecular flexibility index (Phi) is 3.98. The number of hydrogen-bond acceptors (Lipinski definition) is 5. The molecule has 17 heavy (non-hydrogen) atoms. The van der Waals surface area contributed by atoms with Crippen molar-refractivity contribution >= 4 is 11.8 Å². The van der Waals surface area contributed by atoms with Crippen LogP contribution in [-0.2, 0) is 9.53 Å². The van der Waals surface area contributed by atoms with Crippen molar-refractivity contribution in [3.63, 3.8) is 0 Å². The zero-order chi connectivity index (χ0) is 13.2. The lowest BCUT2D eigenvalue weighted by molar-refractivity contribution is -0.151. The van der Waals surface area contributed by atoms with Gasteiger partial charge in [-0.1, -0.05) is 5.21 Å². The molecule has 0 aliphatic carbocycles. The molecule has 0 saturated carbocycles. The highest BCUT2D eigenvalue weighted by Crippen LogP contribution is 2.13. The number of rotatable bonds is 4. The predicted octanol–water partition coefficient (Wildman–Crippen LogP) is 1.30. The lowest BCUT2D eigenvalue weighted by atomic mass is 10.2. The standard InChI is InChI=1S/C11H17N3O3/c1-6(2)17-11(16)8(4)14-7(3)10(9(5)15)12-13-14/h6,8H,1-5H3. The maximum Gasteiger partial charge on any atom is 0.330 e. The summed E-state index contributed by atoms with van der Waals surface area (Å²) in [7, 11) is 0. The van der Waals surface area contributed by atoms with E-state index >= 15 is 0 Å². The second-order valence-electron chi connectivity index (χ2n) is 4.19. The van der Waals surface area contributed by atoms with Crippen molar-refractivity contribution in [1.82, 2.24) is 15.0 Å². The van der Waals surface area contributed by atoms with Crippen LogP contribution >= 0.6 is 0 Å². The highest BCUT2D eigenvalue weighted by Gasteiger charge is 2.23. The summed E-state index contributed by atoms with van der Waals surface area (Å²) in [6, 6.07) is -0.585. The minimum absolute atomic E-state index is 0.168. The molecule has 6 nitrogen and oxygen atoms in total. The van der Waals surface area contributed by atoms with Crippen LogP contribution in [0, 0.1) is 6.92 Å². The molecule has 0 N–H and O–H groups in total. The van der Waals surface area contributed by atoms with E-state index in [0.717, 1.165) is 0 Å². The molecule has 0 aliphatic heterocycles. The van der Waals surface area contributed by atoms with Crippen LogP contribution in [0.1, 0.15) is 49.9 Å². The molecule has 94 valence electrons. The van der Waals surface area contributed by atoms with Gasteiger partial charge in [0.05, 0.1) is 11.8 Å². The number of carbonyl (C=O) groups excluding carboxylic acids is 2. The van der Waals surface area contributed by atoms with E-state index < -0.39 is 6.04 Å². The van der Waals surface area contributed by atoms with Crippen LogP contribution in [0.4, 0.5) is 0 Å². The normalized spacial score (nSPS) is 12.6. The predicted molar refractivity (Wildman–Crippen MR) is 60.7 cm³/mol. The molecule has 0 aliphatic rings. The molecule has 1 aromatic rings. The van der Waals surface area contributed by atoms with Gasteiger partial charge in [0, 0.05) is 6.92 Å². The molecule has 0 bridgehead atoms. The van der Waals surface area contributed by atoms with Crippen molar-refractivity contribution in [2.75, 3.05) is 0 Å². The fraction of sp³-hybridized carbons (Fsp3) is 0.636. The monoisotopic (exact) mass is 239 g/mol. The van der Waals surface area contributed by atoms with Gasteiger partial charge in [-0.05, 0) is 27.7 Å². The number of carbonyl (C=O) groups is 2. The van der Waals surface area contributed by atoms with Gasteiger partial charge in [-0.15, -0.1) is 5.10 Å². The van der Waals surface area contributed by atoms with Crippen molar-refractivity contribution in [2.45, 2.75) is 46.8 Å². The van der Waals surface area contributed by atoms with Gasteiger partial charge < -0.3 is 4.74 Å². The topological polar surface area (TPSA) is 74.1 Å². The summed E-state index contributed by atoms with van der Waals surface area (Å²) in [5, 5.41) is 7.56. The Labute approximate surface area is 99.9 Å². The summed E-state index contributed by atoms with van der Waals surface area (Å²) in [4.78, 5) is 22.9. The zero-order valence-electron chi connectivity index (χ0n) is 10.7. The molecule has 0 spiro atoms. The second-order valence-corrected chi connectivity index (χ2v) is 4.19. The molecular formula is C11H17N3O3. The summed E-state index contributed by atoms with van der Waals surface area (Å²) in [6.45, 7) is 8.34. The van der Waals surface area contributed by atoms with Crippen LogP contribution in [0.15, 0.2) is 0 Å². The summed E-state index contributed by atoms with van der Waals surface area (Å²) < 4.78 is 6.48. The molecule has 0 fully saturated rings. The van der Waals surface area contributed by atoms with E-state index in [1.165, 1.54) is 11.6 Å². The summed E-state index contributed by atoms with van der Waals surface area (Å²) in [6.07, 6.45) is -0.180. The second kappa shape index (κ2) is 5.07. The van der Waals surface area contributed by atoms with Crippen LogP contribution in [-0.4, -0.2) is 32.9 Å². The Morgan fingerprint density at radius 2 is 1.88 bits per heavy atom. The van der Waals surface area contributed by atoms with Crippen molar-refractivity contribution in [3.05, 3.63) is 11.4 Å². The van der Waals surface area contributed by atoms with E-state index in [0.29, 0.717) is 5.69 Å². The van der Waals surface area contributed by atoms with E-state index in [1.54, 1.807) is 27.7 Å². The van der Waals surface area contributed by atoms with Gasteiger partial charge in [0.15, 0.2) is 11.5 Å². The highest BCUT2D eigenvalue weighted by atomic mass is 16.5. The van der Waals surface area contributed by atoms with E-state index in [1.807, 2.05) is 0 Å². The Morgan fingerprint density at radius 1 is 1.29 bits per heavy atom. The first-order valence-corrected chi connectivity index (χ1v) is 5.47. The molecule has 6 heteroatoms. The fourth-order valence-electron chi connectivity index (χ4n) is 1.46. The third-order valence-corrected chi connectivity index (χ3v) is 2.32. The quantitative estimate of drug-likeness (QED) is 0.585. The molecule has 1 heterocycles. The van der Waals surface area contributed by atoms with Crippen LogP contribution in [0.2, 0.25) is 0 Å². The van der Waals surface area contributed by atoms with Gasteiger partial charge in [0.2, 0.25) is 0 Å². The van der Waals surface area contributed by atoms with Gasteiger partial charge in [-0.25, -0.2) is 9.48 Å². The Hall–Kier alpha value is -1.72. The van der Waals surface area contributed by atoms with E-state index in [-0.39, 0.29) is 23.6 Å². The Bertz CT molecular complexity index is 437. The number of ether oxygens (including phenoxy) is 1. The molecule has 0 saturated heterocycles. The highest BCUT2D eigenvalue weighted by molar-refractivity contribution is 5.93. The van der Waals surface area contributed by atoms with E-state index in [4.69, 9.17) is 4.74 Å². The summed E-state index contributed by atoms with van der Waals surface area (Å²) in [5.74, 6) is -0.554. The smallest absolute Gasteiger partial charge is 0.330 e. The number of esters is 1. The number of ketones is 1. The maximum atomic E-state index is 11.7. The van der Waals surface area contributed by atoms with Crippen molar-refractivity contribution in [3.8, 4) is 0 Å². The number of hydrogen-bond donors (Lipinski definition) is 0. The first kappa shape index (κ1) is 13.3. The van der Waals surface area contributed by atoms with Gasteiger partial charge in [0.25, 0.3) is 0 Å². The van der Waals surface area contributed by atoms with E-state index in [9.17, 15) is 9.59 Å². The molecule has 1 unspecified atom stereocenters. The minimum atomic E-state index is -0.585. The van der Waals surface area contributed by atoms with Crippen molar-refractivity contribution in [1.29, 1.82) is 0 Å². The van der Waals surface area contributed by atoms with Crippen LogP contribution in [0.3, 0.4) is 0 Å². The lowest BCUT2D eigenvalue weighted by Crippen LogP contribution is -2.24. The van der Waals surface area contributed by atoms with Gasteiger partial charge >= 0.3 is 5.97 Å². The van der Waals surface area contributed by atoms with Crippen LogP contribution in [0.5, 0.6) is 0 Å². The number of nitrogens with zero attached hydrogens (tertiary/aromatic N) is 3. The lowest BCUT2D eigenvalue weighted by Gasteiger charge is -2.14. The number of aromatic nitrogens is 3. The molecule has 1 rings (SSSR count). The third kappa shape index (κ3) is 2.89. The Balaban J connectivity index is 2.93. The van der Waals surface area contributed by atoms with Gasteiger partial charge in [-0.3, -0.25) is 4.79 Å². The van der Waals surface area contributed by atoms with Gasteiger partial charge in [-0.2, -0.15) is 0 Å². The molecular weight excluding hydrogens is 222 g/mol. The summed E-state index contributed by atoms with van der Waals surface area (Å²) in [5.41, 5.74) is 0.861. The molecule has 0 radical (unpaired) electrons. The van der Waals surface area contributed by atoms with E-state index in [2.05, 4.69) is 10.3 Å². The van der Waals surface area contributed by atoms with Crippen LogP contribution < -0.4 is 0 Å². The third-order valence-electron chi connectivity index (χ3n) is 2.32. The average Bonchev–Trinajstić information content (AvgIpc) is 2.57. The SMILES string of the molecule is CC(=O)c1nnn(C(C)C(=O)OC(C)C)c1C. The molecule has 1 atom stereocenters.